The van der Waals surface area contributed by atoms with Crippen LogP contribution in [-0.4, -0.2) is 37.0 Å². The van der Waals surface area contributed by atoms with E-state index in [-0.39, 0.29) is 11.8 Å². The number of para-hydroxylation sites is 1. The smallest absolute Gasteiger partial charge is 0.225 e. The van der Waals surface area contributed by atoms with Crippen LogP contribution in [0.4, 0.5) is 5.69 Å². The second-order valence-electron chi connectivity index (χ2n) is 5.74. The Balaban J connectivity index is 1.90. The molecular formula is C18H22N4O. The minimum Gasteiger partial charge on any atom is -0.371 e. The second-order valence-corrected chi connectivity index (χ2v) is 5.74. The first-order chi connectivity index (χ1) is 11.3. The average Bonchev–Trinajstić information content (AvgIpc) is 2.62. The molecule has 1 saturated heterocycles. The van der Waals surface area contributed by atoms with Crippen LogP contribution < -0.4 is 4.90 Å². The summed E-state index contributed by atoms with van der Waals surface area (Å²) in [6, 6.07) is 14.4. The van der Waals surface area contributed by atoms with Crippen molar-refractivity contribution in [1.82, 2.24) is 4.90 Å². The summed E-state index contributed by atoms with van der Waals surface area (Å²) in [4.78, 5) is 16.6. The molecule has 0 bridgehead atoms. The molecular weight excluding hydrogens is 288 g/mol. The predicted molar refractivity (Wildman–Crippen MR) is 88.4 cm³/mol. The molecule has 1 heterocycles. The van der Waals surface area contributed by atoms with E-state index in [1.165, 1.54) is 5.69 Å². The summed E-state index contributed by atoms with van der Waals surface area (Å²) < 4.78 is 0. The number of nitriles is 2. The Morgan fingerprint density at radius 3 is 2.17 bits per heavy atom. The van der Waals surface area contributed by atoms with Gasteiger partial charge in [0.15, 0.2) is 0 Å². The molecule has 0 saturated carbocycles. The molecule has 1 aromatic carbocycles. The van der Waals surface area contributed by atoms with E-state index >= 15 is 0 Å². The Morgan fingerprint density at radius 2 is 1.65 bits per heavy atom. The quantitative estimate of drug-likeness (QED) is 0.809. The summed E-state index contributed by atoms with van der Waals surface area (Å²) in [5.74, 6) is 0.107. The van der Waals surface area contributed by atoms with Crippen molar-refractivity contribution in [2.45, 2.75) is 25.7 Å². The summed E-state index contributed by atoms with van der Waals surface area (Å²) in [6.45, 7) is 2.58. The maximum absolute atomic E-state index is 12.6. The molecule has 2 rings (SSSR count). The van der Waals surface area contributed by atoms with Gasteiger partial charge in [-0.2, -0.15) is 10.5 Å². The van der Waals surface area contributed by atoms with Gasteiger partial charge in [0, 0.05) is 37.8 Å². The summed E-state index contributed by atoms with van der Waals surface area (Å²) in [5, 5.41) is 17.5. The molecule has 1 amide bonds. The first-order valence-electron chi connectivity index (χ1n) is 8.09. The van der Waals surface area contributed by atoms with Crippen LogP contribution in [0.15, 0.2) is 30.3 Å². The first-order valence-corrected chi connectivity index (χ1v) is 8.09. The number of hydrogen-bond donors (Lipinski definition) is 0. The predicted octanol–water partition coefficient (Wildman–Crippen LogP) is 2.56. The lowest BCUT2D eigenvalue weighted by Gasteiger charge is -2.35. The monoisotopic (exact) mass is 310 g/mol. The fourth-order valence-corrected chi connectivity index (χ4v) is 2.98. The third-order valence-corrected chi connectivity index (χ3v) is 4.26. The van der Waals surface area contributed by atoms with Gasteiger partial charge >= 0.3 is 0 Å². The lowest BCUT2D eigenvalue weighted by atomic mass is 9.94. The Bertz CT molecular complexity index is 561. The molecule has 0 spiro atoms. The molecule has 0 N–H and O–H groups in total. The molecule has 0 aromatic heterocycles. The fraction of sp³-hybridized carbons (Fsp3) is 0.500. The molecule has 0 radical (unpaired) electrons. The van der Waals surface area contributed by atoms with E-state index in [1.54, 1.807) is 4.90 Å². The first kappa shape index (κ1) is 16.8. The zero-order valence-corrected chi connectivity index (χ0v) is 13.3. The van der Waals surface area contributed by atoms with E-state index in [4.69, 9.17) is 10.5 Å². The number of piperidine rings is 1. The Hall–Kier alpha value is -2.53. The minimum atomic E-state index is 0.00680. The average molecular weight is 310 g/mol. The zero-order valence-electron chi connectivity index (χ0n) is 13.3. The number of benzene rings is 1. The van der Waals surface area contributed by atoms with Gasteiger partial charge in [0.05, 0.1) is 25.0 Å². The third kappa shape index (κ3) is 4.72. The molecule has 1 fully saturated rings. The highest BCUT2D eigenvalue weighted by molar-refractivity contribution is 5.79. The molecule has 1 aliphatic rings. The Morgan fingerprint density at radius 1 is 1.09 bits per heavy atom. The van der Waals surface area contributed by atoms with Gasteiger partial charge in [-0.15, -0.1) is 0 Å². The van der Waals surface area contributed by atoms with Gasteiger partial charge in [0.1, 0.15) is 0 Å². The van der Waals surface area contributed by atoms with Crippen molar-refractivity contribution in [3.8, 4) is 12.1 Å². The van der Waals surface area contributed by atoms with Crippen LogP contribution in [0.25, 0.3) is 0 Å². The van der Waals surface area contributed by atoms with Crippen LogP contribution in [-0.2, 0) is 4.79 Å². The Kier molecular flexibility index (Phi) is 6.44. The van der Waals surface area contributed by atoms with Gasteiger partial charge in [-0.3, -0.25) is 4.79 Å². The molecule has 5 nitrogen and oxygen atoms in total. The highest BCUT2D eigenvalue weighted by Gasteiger charge is 2.28. The molecule has 5 heteroatoms. The number of hydrogen-bond acceptors (Lipinski definition) is 4. The van der Waals surface area contributed by atoms with E-state index in [2.05, 4.69) is 29.2 Å². The molecule has 1 aromatic rings. The molecule has 0 unspecified atom stereocenters. The number of amides is 1. The van der Waals surface area contributed by atoms with Crippen molar-refractivity contribution in [1.29, 1.82) is 10.5 Å². The van der Waals surface area contributed by atoms with Crippen LogP contribution in [0.3, 0.4) is 0 Å². The number of nitrogens with zero attached hydrogens (tertiary/aromatic N) is 4. The van der Waals surface area contributed by atoms with Crippen molar-refractivity contribution in [2.24, 2.45) is 5.92 Å². The van der Waals surface area contributed by atoms with Gasteiger partial charge in [-0.05, 0) is 25.0 Å². The van der Waals surface area contributed by atoms with Gasteiger partial charge in [-0.1, -0.05) is 18.2 Å². The number of carbonyl (C=O) groups is 1. The summed E-state index contributed by atoms with van der Waals surface area (Å²) in [7, 11) is 0. The Labute approximate surface area is 137 Å². The topological polar surface area (TPSA) is 71.1 Å². The van der Waals surface area contributed by atoms with E-state index < -0.39 is 0 Å². The normalized spacial score (nSPS) is 14.8. The van der Waals surface area contributed by atoms with E-state index in [9.17, 15) is 4.79 Å². The lowest BCUT2D eigenvalue weighted by molar-refractivity contribution is -0.136. The maximum Gasteiger partial charge on any atom is 0.225 e. The van der Waals surface area contributed by atoms with E-state index in [0.29, 0.717) is 25.9 Å². The maximum atomic E-state index is 12.6. The fourth-order valence-electron chi connectivity index (χ4n) is 2.98. The van der Waals surface area contributed by atoms with Crippen molar-refractivity contribution >= 4 is 11.6 Å². The summed E-state index contributed by atoms with van der Waals surface area (Å²) in [6.07, 6.45) is 2.28. The summed E-state index contributed by atoms with van der Waals surface area (Å²) in [5.41, 5.74) is 1.20. The minimum absolute atomic E-state index is 0.00680. The van der Waals surface area contributed by atoms with Crippen molar-refractivity contribution < 1.29 is 4.79 Å². The highest BCUT2D eigenvalue weighted by atomic mass is 16.2. The van der Waals surface area contributed by atoms with Crippen molar-refractivity contribution in [2.75, 3.05) is 31.1 Å². The van der Waals surface area contributed by atoms with Crippen molar-refractivity contribution in [3.05, 3.63) is 30.3 Å². The molecule has 0 aliphatic carbocycles. The van der Waals surface area contributed by atoms with Crippen LogP contribution in [0, 0.1) is 28.6 Å². The molecule has 23 heavy (non-hydrogen) atoms. The van der Waals surface area contributed by atoms with E-state index in [0.717, 1.165) is 25.9 Å². The van der Waals surface area contributed by atoms with Crippen LogP contribution in [0.2, 0.25) is 0 Å². The molecule has 0 atom stereocenters. The SMILES string of the molecule is N#CCCN(CCC#N)C(=O)C1CCN(c2ccccc2)CC1. The van der Waals surface area contributed by atoms with Crippen LogP contribution in [0.1, 0.15) is 25.7 Å². The number of carbonyl (C=O) groups excluding carboxylic acids is 1. The number of anilines is 1. The number of rotatable bonds is 6. The third-order valence-electron chi connectivity index (χ3n) is 4.26. The molecule has 120 valence electrons. The van der Waals surface area contributed by atoms with Gasteiger partial charge in [-0.25, -0.2) is 0 Å². The van der Waals surface area contributed by atoms with Crippen LogP contribution >= 0.6 is 0 Å². The highest BCUT2D eigenvalue weighted by Crippen LogP contribution is 2.24. The zero-order chi connectivity index (χ0) is 16.5. The molecule has 1 aliphatic heterocycles. The van der Waals surface area contributed by atoms with Gasteiger partial charge in [0.25, 0.3) is 0 Å². The van der Waals surface area contributed by atoms with Crippen LogP contribution in [0.5, 0.6) is 0 Å². The van der Waals surface area contributed by atoms with Gasteiger partial charge in [0.2, 0.25) is 5.91 Å². The van der Waals surface area contributed by atoms with E-state index in [1.807, 2.05) is 18.2 Å². The van der Waals surface area contributed by atoms with Crippen molar-refractivity contribution in [3.63, 3.8) is 0 Å². The standard InChI is InChI=1S/C18H22N4O/c19-10-4-12-22(13-5-11-20)18(23)16-8-14-21(15-9-16)17-6-2-1-3-7-17/h1-3,6-7,16H,4-5,8-9,12-15H2. The summed E-state index contributed by atoms with van der Waals surface area (Å²) >= 11 is 0. The van der Waals surface area contributed by atoms with Gasteiger partial charge < -0.3 is 9.80 Å². The largest absolute Gasteiger partial charge is 0.371 e. The second kappa shape index (κ2) is 8.80. The lowest BCUT2D eigenvalue weighted by Crippen LogP contribution is -2.43.